The fourth-order valence-electron chi connectivity index (χ4n) is 4.32. The molecular weight excluding hydrogens is 432 g/mol. The van der Waals surface area contributed by atoms with E-state index in [1.54, 1.807) is 10.7 Å². The van der Waals surface area contributed by atoms with Crippen LogP contribution >= 0.6 is 0 Å². The molecule has 0 aliphatic carbocycles. The van der Waals surface area contributed by atoms with Crippen LogP contribution in [0.15, 0.2) is 24.7 Å². The van der Waals surface area contributed by atoms with E-state index in [4.69, 9.17) is 9.72 Å². The summed E-state index contributed by atoms with van der Waals surface area (Å²) in [7, 11) is -3.15. The molecule has 0 unspecified atom stereocenters. The Morgan fingerprint density at radius 3 is 2.66 bits per heavy atom. The smallest absolute Gasteiger partial charge is 0.243 e. The number of aromatic amines is 1. The first-order valence-electron chi connectivity index (χ1n) is 10.9. The molecule has 2 aliphatic rings. The van der Waals surface area contributed by atoms with E-state index in [0.717, 1.165) is 37.1 Å². The quantitative estimate of drug-likeness (QED) is 0.498. The number of nitrogens with zero attached hydrogens (tertiary/aromatic N) is 5. The first-order valence-corrected chi connectivity index (χ1v) is 12.8. The van der Waals surface area contributed by atoms with Crippen LogP contribution in [0.5, 0.6) is 5.75 Å². The van der Waals surface area contributed by atoms with Crippen LogP contribution in [0.4, 0.5) is 5.95 Å². The van der Waals surface area contributed by atoms with E-state index >= 15 is 0 Å². The average Bonchev–Trinajstić information content (AvgIpc) is 3.44. The lowest BCUT2D eigenvalue weighted by atomic mass is 10.1. The highest BCUT2D eigenvalue weighted by Crippen LogP contribution is 2.35. The standard InChI is InChI=1S/C20H28N8O3S/c1-32(29,30)27-9-4-15(5-10-27)24-20-25-19-18(31-16-2-7-21-8-3-16)17(6-11-28(19)26-20)14-12-22-23-13-14/h6,11-13,15-16,21H,2-5,7-10H2,1H3,(H,22,23)(H,24,26). The van der Waals surface area contributed by atoms with E-state index in [9.17, 15) is 8.42 Å². The predicted octanol–water partition coefficient (Wildman–Crippen LogP) is 1.09. The number of aromatic nitrogens is 5. The minimum absolute atomic E-state index is 0.113. The number of anilines is 1. The molecule has 0 atom stereocenters. The van der Waals surface area contributed by atoms with Crippen LogP contribution in [0, 0.1) is 0 Å². The van der Waals surface area contributed by atoms with Crippen LogP contribution in [0.25, 0.3) is 16.8 Å². The maximum absolute atomic E-state index is 11.8. The van der Waals surface area contributed by atoms with Crippen molar-refractivity contribution in [2.24, 2.45) is 0 Å². The van der Waals surface area contributed by atoms with Crippen LogP contribution in [-0.2, 0) is 10.0 Å². The van der Waals surface area contributed by atoms with Crippen molar-refractivity contribution < 1.29 is 13.2 Å². The number of sulfonamides is 1. The van der Waals surface area contributed by atoms with Crippen molar-refractivity contribution in [2.45, 2.75) is 37.8 Å². The summed E-state index contributed by atoms with van der Waals surface area (Å²) < 4.78 is 33.2. The maximum atomic E-state index is 11.8. The Bertz CT molecular complexity index is 1160. The topological polar surface area (TPSA) is 130 Å². The number of hydrogen-bond acceptors (Lipinski definition) is 8. The summed E-state index contributed by atoms with van der Waals surface area (Å²) in [6, 6.07) is 2.09. The van der Waals surface area contributed by atoms with Crippen LogP contribution in [0.3, 0.4) is 0 Å². The molecular formula is C20H28N8O3S. The second-order valence-corrected chi connectivity index (χ2v) is 10.4. The average molecular weight is 461 g/mol. The van der Waals surface area contributed by atoms with E-state index in [1.165, 1.54) is 10.6 Å². The molecule has 0 amide bonds. The lowest BCUT2D eigenvalue weighted by molar-refractivity contribution is 0.164. The van der Waals surface area contributed by atoms with Gasteiger partial charge in [-0.15, -0.1) is 5.10 Å². The van der Waals surface area contributed by atoms with Gasteiger partial charge in [0.05, 0.1) is 12.5 Å². The van der Waals surface area contributed by atoms with Gasteiger partial charge in [0, 0.05) is 42.7 Å². The summed E-state index contributed by atoms with van der Waals surface area (Å²) in [6.45, 7) is 2.86. The lowest BCUT2D eigenvalue weighted by Crippen LogP contribution is -2.41. The zero-order chi connectivity index (χ0) is 22.1. The second-order valence-electron chi connectivity index (χ2n) is 8.40. The van der Waals surface area contributed by atoms with Crippen molar-refractivity contribution >= 4 is 21.6 Å². The molecule has 172 valence electrons. The third-order valence-corrected chi connectivity index (χ3v) is 7.40. The van der Waals surface area contributed by atoms with Gasteiger partial charge in [-0.1, -0.05) is 0 Å². The number of fused-ring (bicyclic) bond motifs is 1. The number of rotatable bonds is 6. The van der Waals surface area contributed by atoms with Crippen LogP contribution in [-0.4, -0.2) is 82.1 Å². The van der Waals surface area contributed by atoms with Gasteiger partial charge in [-0.05, 0) is 44.8 Å². The first kappa shape index (κ1) is 21.2. The summed E-state index contributed by atoms with van der Waals surface area (Å²) in [4.78, 5) is 4.75. The highest BCUT2D eigenvalue weighted by Gasteiger charge is 2.26. The van der Waals surface area contributed by atoms with Crippen molar-refractivity contribution in [1.29, 1.82) is 0 Å². The number of hydrogen-bond donors (Lipinski definition) is 3. The SMILES string of the molecule is CS(=O)(=O)N1CCC(Nc2nc3c(OC4CCNCC4)c(-c4cn[nH]c4)ccn3n2)CC1. The maximum Gasteiger partial charge on any atom is 0.243 e. The Morgan fingerprint density at radius 1 is 1.19 bits per heavy atom. The highest BCUT2D eigenvalue weighted by molar-refractivity contribution is 7.88. The monoisotopic (exact) mass is 460 g/mol. The van der Waals surface area contributed by atoms with Gasteiger partial charge in [0.15, 0.2) is 11.4 Å². The van der Waals surface area contributed by atoms with Crippen molar-refractivity contribution in [3.63, 3.8) is 0 Å². The first-order chi connectivity index (χ1) is 15.5. The molecule has 0 bridgehead atoms. The zero-order valence-corrected chi connectivity index (χ0v) is 18.8. The summed E-state index contributed by atoms with van der Waals surface area (Å²) in [5.41, 5.74) is 2.51. The number of pyridine rings is 1. The predicted molar refractivity (Wildman–Crippen MR) is 120 cm³/mol. The summed E-state index contributed by atoms with van der Waals surface area (Å²) >= 11 is 0. The van der Waals surface area contributed by atoms with E-state index in [2.05, 4.69) is 25.9 Å². The van der Waals surface area contributed by atoms with Crippen molar-refractivity contribution in [3.8, 4) is 16.9 Å². The number of H-pyrrole nitrogens is 1. The molecule has 12 heteroatoms. The van der Waals surface area contributed by atoms with Gasteiger partial charge in [-0.2, -0.15) is 10.1 Å². The molecule has 2 saturated heterocycles. The van der Waals surface area contributed by atoms with E-state index < -0.39 is 10.0 Å². The molecule has 11 nitrogen and oxygen atoms in total. The van der Waals surface area contributed by atoms with E-state index in [-0.39, 0.29) is 12.1 Å². The molecule has 0 aromatic carbocycles. The van der Waals surface area contributed by atoms with Crippen molar-refractivity contribution in [2.75, 3.05) is 37.8 Å². The molecule has 0 radical (unpaired) electrons. The van der Waals surface area contributed by atoms with Crippen molar-refractivity contribution in [1.82, 2.24) is 34.4 Å². The fourth-order valence-corrected chi connectivity index (χ4v) is 5.19. The van der Waals surface area contributed by atoms with Crippen LogP contribution in [0.1, 0.15) is 25.7 Å². The summed E-state index contributed by atoms with van der Waals surface area (Å²) in [6.07, 6.45) is 10.1. The largest absolute Gasteiger partial charge is 0.486 e. The Morgan fingerprint density at radius 2 is 1.97 bits per heavy atom. The molecule has 2 aliphatic heterocycles. The molecule has 2 fully saturated rings. The van der Waals surface area contributed by atoms with Gasteiger partial charge in [0.1, 0.15) is 6.10 Å². The molecule has 3 aromatic rings. The molecule has 5 heterocycles. The summed E-state index contributed by atoms with van der Waals surface area (Å²) in [5, 5.41) is 18.3. The molecule has 32 heavy (non-hydrogen) atoms. The fraction of sp³-hybridized carbons (Fsp3) is 0.550. The minimum atomic E-state index is -3.15. The molecule has 0 saturated carbocycles. The third-order valence-electron chi connectivity index (χ3n) is 6.10. The number of nitrogens with one attached hydrogen (secondary N) is 3. The number of ether oxygens (including phenoxy) is 1. The Kier molecular flexibility index (Phi) is 5.74. The highest BCUT2D eigenvalue weighted by atomic mass is 32.2. The van der Waals surface area contributed by atoms with Gasteiger partial charge in [0.2, 0.25) is 16.0 Å². The van der Waals surface area contributed by atoms with Gasteiger partial charge >= 0.3 is 0 Å². The molecule has 3 aromatic heterocycles. The second kappa shape index (κ2) is 8.68. The third kappa shape index (κ3) is 4.43. The van der Waals surface area contributed by atoms with Crippen molar-refractivity contribution in [3.05, 3.63) is 24.7 Å². The van der Waals surface area contributed by atoms with Crippen LogP contribution in [0.2, 0.25) is 0 Å². The minimum Gasteiger partial charge on any atom is -0.486 e. The zero-order valence-electron chi connectivity index (χ0n) is 18.0. The van der Waals surface area contributed by atoms with Crippen LogP contribution < -0.4 is 15.4 Å². The Hall–Kier alpha value is -2.70. The Balaban J connectivity index is 1.41. The van der Waals surface area contributed by atoms with E-state index in [1.807, 2.05) is 18.5 Å². The van der Waals surface area contributed by atoms with Gasteiger partial charge in [-0.3, -0.25) is 5.10 Å². The van der Waals surface area contributed by atoms with Gasteiger partial charge in [-0.25, -0.2) is 17.2 Å². The van der Waals surface area contributed by atoms with E-state index in [0.29, 0.717) is 43.3 Å². The lowest BCUT2D eigenvalue weighted by Gasteiger charge is -2.30. The van der Waals surface area contributed by atoms with Gasteiger partial charge < -0.3 is 15.4 Å². The molecule has 5 rings (SSSR count). The molecule has 0 spiro atoms. The molecule has 3 N–H and O–H groups in total. The Labute approximate surface area is 186 Å². The number of piperidine rings is 2. The normalized spacial score (nSPS) is 19.4. The summed E-state index contributed by atoms with van der Waals surface area (Å²) in [5.74, 6) is 1.22. The van der Waals surface area contributed by atoms with Gasteiger partial charge in [0.25, 0.3) is 0 Å².